The highest BCUT2D eigenvalue weighted by molar-refractivity contribution is 7.91. The number of sulfone groups is 1. The second kappa shape index (κ2) is 5.32. The average molecular weight is 248 g/mol. The highest BCUT2D eigenvalue weighted by atomic mass is 32.2. The lowest BCUT2D eigenvalue weighted by molar-refractivity contribution is 0.0977. The van der Waals surface area contributed by atoms with Gasteiger partial charge in [0, 0.05) is 17.6 Å². The van der Waals surface area contributed by atoms with E-state index in [1.165, 1.54) is 0 Å². The lowest BCUT2D eigenvalue weighted by atomic mass is 10.2. The van der Waals surface area contributed by atoms with Crippen LogP contribution in [0, 0.1) is 0 Å². The van der Waals surface area contributed by atoms with Crippen molar-refractivity contribution < 1.29 is 13.2 Å². The van der Waals surface area contributed by atoms with Crippen LogP contribution in [0.5, 0.6) is 0 Å². The Hall–Kier alpha value is -0.820. The Morgan fingerprint density at radius 3 is 2.80 bits per heavy atom. The Morgan fingerprint density at radius 2 is 2.27 bits per heavy atom. The number of rotatable bonds is 6. The summed E-state index contributed by atoms with van der Waals surface area (Å²) in [5.74, 6) is 0.0433. The number of ketones is 1. The number of hydrogen-bond donors (Lipinski definition) is 0. The second-order valence-corrected chi connectivity index (χ2v) is 6.14. The predicted molar refractivity (Wildman–Crippen MR) is 57.8 cm³/mol. The smallest absolute Gasteiger partial charge is 0.184 e. The van der Waals surface area contributed by atoms with E-state index in [9.17, 15) is 13.2 Å². The number of nitrogens with zero attached hydrogens (tertiary/aromatic N) is 2. The minimum atomic E-state index is -2.97. The summed E-state index contributed by atoms with van der Waals surface area (Å²) >= 11 is 1.11. The van der Waals surface area contributed by atoms with E-state index in [1.807, 2.05) is 0 Å². The molecule has 0 atom stereocenters. The largest absolute Gasteiger partial charge is 0.292 e. The van der Waals surface area contributed by atoms with Gasteiger partial charge in [-0.15, -0.1) is 5.10 Å². The summed E-state index contributed by atoms with van der Waals surface area (Å²) in [5.41, 5.74) is 0.328. The van der Waals surface area contributed by atoms with E-state index in [0.29, 0.717) is 12.1 Å². The van der Waals surface area contributed by atoms with Crippen LogP contribution in [-0.4, -0.2) is 35.3 Å². The monoisotopic (exact) mass is 248 g/mol. The highest BCUT2D eigenvalue weighted by Gasteiger charge is 2.12. The maximum atomic E-state index is 11.4. The van der Waals surface area contributed by atoms with Gasteiger partial charge in [0.15, 0.2) is 5.78 Å². The van der Waals surface area contributed by atoms with Crippen LogP contribution in [0.3, 0.4) is 0 Å². The molecule has 0 saturated heterocycles. The quantitative estimate of drug-likeness (QED) is 0.700. The molecule has 1 heterocycles. The fourth-order valence-electron chi connectivity index (χ4n) is 1.01. The summed E-state index contributed by atoms with van der Waals surface area (Å²) in [6, 6.07) is 0. The first kappa shape index (κ1) is 12.3. The van der Waals surface area contributed by atoms with E-state index in [2.05, 4.69) is 9.59 Å². The minimum absolute atomic E-state index is 0.0623. The second-order valence-electron chi connectivity index (χ2n) is 3.05. The Kier molecular flexibility index (Phi) is 4.34. The van der Waals surface area contributed by atoms with Gasteiger partial charge in [-0.05, 0) is 18.0 Å². The molecule has 0 spiro atoms. The van der Waals surface area contributed by atoms with Gasteiger partial charge in [-0.3, -0.25) is 4.79 Å². The maximum Gasteiger partial charge on any atom is 0.184 e. The summed E-state index contributed by atoms with van der Waals surface area (Å²) in [6.07, 6.45) is 0.567. The Bertz CT molecular complexity index is 411. The predicted octanol–water partition coefficient (Wildman–Crippen LogP) is 0.936. The van der Waals surface area contributed by atoms with E-state index >= 15 is 0 Å². The third-order valence-electron chi connectivity index (χ3n) is 1.94. The van der Waals surface area contributed by atoms with Crippen LogP contribution < -0.4 is 0 Å². The fourth-order valence-corrected chi connectivity index (χ4v) is 2.34. The van der Waals surface area contributed by atoms with E-state index in [0.717, 1.165) is 11.5 Å². The van der Waals surface area contributed by atoms with E-state index in [-0.39, 0.29) is 23.7 Å². The Labute approximate surface area is 92.6 Å². The third kappa shape index (κ3) is 4.05. The van der Waals surface area contributed by atoms with Crippen molar-refractivity contribution in [2.75, 3.05) is 11.5 Å². The van der Waals surface area contributed by atoms with Crippen LogP contribution in [0.25, 0.3) is 0 Å². The van der Waals surface area contributed by atoms with Crippen molar-refractivity contribution in [3.63, 3.8) is 0 Å². The molecule has 1 aromatic heterocycles. The Morgan fingerprint density at radius 1 is 1.53 bits per heavy atom. The van der Waals surface area contributed by atoms with Crippen LogP contribution >= 0.6 is 11.5 Å². The van der Waals surface area contributed by atoms with Gasteiger partial charge >= 0.3 is 0 Å². The van der Waals surface area contributed by atoms with Gasteiger partial charge in [0.1, 0.15) is 15.5 Å². The molecule has 1 aromatic rings. The van der Waals surface area contributed by atoms with Crippen molar-refractivity contribution in [3.05, 3.63) is 11.1 Å². The molecule has 0 fully saturated rings. The van der Waals surface area contributed by atoms with Gasteiger partial charge in [-0.25, -0.2) is 8.42 Å². The lowest BCUT2D eigenvalue weighted by Crippen LogP contribution is -2.10. The first-order valence-electron chi connectivity index (χ1n) is 4.56. The van der Waals surface area contributed by atoms with Gasteiger partial charge in [-0.1, -0.05) is 11.4 Å². The summed E-state index contributed by atoms with van der Waals surface area (Å²) < 4.78 is 25.8. The minimum Gasteiger partial charge on any atom is -0.292 e. The summed E-state index contributed by atoms with van der Waals surface area (Å²) in [4.78, 5) is 11.4. The molecule has 7 heteroatoms. The molecule has 0 N–H and O–H groups in total. The standard InChI is InChI=1S/C8H12N2O3S2/c1-2-15(12,13)5-3-4-8(11)7-6-14-10-9-7/h6H,2-5H2,1H3. The molecular weight excluding hydrogens is 236 g/mol. The molecular formula is C8H12N2O3S2. The van der Waals surface area contributed by atoms with Crippen molar-refractivity contribution in [1.29, 1.82) is 0 Å². The zero-order valence-corrected chi connectivity index (χ0v) is 9.97. The van der Waals surface area contributed by atoms with Gasteiger partial charge in [0.05, 0.1) is 5.75 Å². The SMILES string of the molecule is CCS(=O)(=O)CCCC(=O)c1csnn1. The normalized spacial score (nSPS) is 11.5. The molecule has 84 valence electrons. The lowest BCUT2D eigenvalue weighted by Gasteiger charge is -1.99. The van der Waals surface area contributed by atoms with Crippen molar-refractivity contribution in [3.8, 4) is 0 Å². The Balaban J connectivity index is 2.36. The summed E-state index contributed by atoms with van der Waals surface area (Å²) in [6.45, 7) is 1.60. The molecule has 0 aliphatic heterocycles. The topological polar surface area (TPSA) is 77.0 Å². The molecule has 0 bridgehead atoms. The third-order valence-corrected chi connectivity index (χ3v) is 4.24. The average Bonchev–Trinajstić information content (AvgIpc) is 2.70. The number of Topliss-reactive ketones (excluding diaryl/α,β-unsaturated/α-hetero) is 1. The first-order valence-corrected chi connectivity index (χ1v) is 7.21. The van der Waals surface area contributed by atoms with Gasteiger partial charge in [-0.2, -0.15) is 0 Å². The van der Waals surface area contributed by atoms with Crippen LogP contribution in [0.1, 0.15) is 30.3 Å². The number of aromatic nitrogens is 2. The molecule has 0 unspecified atom stereocenters. The van der Waals surface area contributed by atoms with E-state index in [1.54, 1.807) is 12.3 Å². The molecule has 5 nitrogen and oxygen atoms in total. The number of carbonyl (C=O) groups excluding carboxylic acids is 1. The van der Waals surface area contributed by atoms with Crippen LogP contribution in [0.15, 0.2) is 5.38 Å². The zero-order chi connectivity index (χ0) is 11.3. The van der Waals surface area contributed by atoms with E-state index in [4.69, 9.17) is 0 Å². The van der Waals surface area contributed by atoms with Crippen LogP contribution in [0.2, 0.25) is 0 Å². The van der Waals surface area contributed by atoms with Crippen molar-refractivity contribution in [1.82, 2.24) is 9.59 Å². The number of hydrogen-bond acceptors (Lipinski definition) is 6. The molecule has 0 aromatic carbocycles. The van der Waals surface area contributed by atoms with Crippen LogP contribution in [0.4, 0.5) is 0 Å². The van der Waals surface area contributed by atoms with Crippen molar-refractivity contribution in [2.24, 2.45) is 0 Å². The summed E-state index contributed by atoms with van der Waals surface area (Å²) in [7, 11) is -2.97. The molecule has 0 saturated carbocycles. The molecule has 15 heavy (non-hydrogen) atoms. The first-order chi connectivity index (χ1) is 7.05. The zero-order valence-electron chi connectivity index (χ0n) is 8.34. The molecule has 0 amide bonds. The van der Waals surface area contributed by atoms with Crippen molar-refractivity contribution >= 4 is 27.2 Å². The van der Waals surface area contributed by atoms with Crippen molar-refractivity contribution in [2.45, 2.75) is 19.8 Å². The molecule has 0 radical (unpaired) electrons. The molecule has 0 aliphatic rings. The van der Waals surface area contributed by atoms with E-state index < -0.39 is 9.84 Å². The van der Waals surface area contributed by atoms with Gasteiger partial charge in [0.25, 0.3) is 0 Å². The van der Waals surface area contributed by atoms with Gasteiger partial charge in [0.2, 0.25) is 0 Å². The van der Waals surface area contributed by atoms with Crippen LogP contribution in [-0.2, 0) is 9.84 Å². The fraction of sp³-hybridized carbons (Fsp3) is 0.625. The van der Waals surface area contributed by atoms with Gasteiger partial charge < -0.3 is 0 Å². The summed E-state index contributed by atoms with van der Waals surface area (Å²) in [5, 5.41) is 5.19. The highest BCUT2D eigenvalue weighted by Crippen LogP contribution is 2.05. The molecule has 1 rings (SSSR count). The maximum absolute atomic E-state index is 11.4. The molecule has 0 aliphatic carbocycles. The number of carbonyl (C=O) groups is 1.